The maximum absolute atomic E-state index is 9.53. The normalized spacial score (nSPS) is 24.3. The van der Waals surface area contributed by atoms with E-state index in [1.54, 1.807) is 0 Å². The number of piperazine rings is 1. The number of rotatable bonds is 2. The molecule has 3 nitrogen and oxygen atoms in total. The molecule has 1 unspecified atom stereocenters. The molecule has 100 valence electrons. The Morgan fingerprint density at radius 3 is 2.44 bits per heavy atom. The summed E-state index contributed by atoms with van der Waals surface area (Å²) in [7, 11) is 2.10. The van der Waals surface area contributed by atoms with Gasteiger partial charge in [0.05, 0.1) is 12.6 Å². The number of aryl methyl sites for hydroxylation is 1. The van der Waals surface area contributed by atoms with Crippen LogP contribution in [0.15, 0.2) is 24.3 Å². The largest absolute Gasteiger partial charge is 0.395 e. The first kappa shape index (κ1) is 13.4. The van der Waals surface area contributed by atoms with E-state index in [-0.39, 0.29) is 18.2 Å². The van der Waals surface area contributed by atoms with Crippen molar-refractivity contribution < 1.29 is 5.11 Å². The lowest BCUT2D eigenvalue weighted by Crippen LogP contribution is -2.63. The van der Waals surface area contributed by atoms with Crippen LogP contribution in [-0.4, -0.2) is 48.3 Å². The number of likely N-dealkylation sites (N-methyl/N-ethyl adjacent to an activating group) is 1. The number of nitrogens with zero attached hydrogens (tertiary/aromatic N) is 2. The van der Waals surface area contributed by atoms with Gasteiger partial charge in [0, 0.05) is 24.3 Å². The zero-order valence-corrected chi connectivity index (χ0v) is 11.8. The highest BCUT2D eigenvalue weighted by molar-refractivity contribution is 5.48. The minimum absolute atomic E-state index is 0.0799. The summed E-state index contributed by atoms with van der Waals surface area (Å²) in [5.41, 5.74) is 2.61. The van der Waals surface area contributed by atoms with Crippen LogP contribution in [0.2, 0.25) is 0 Å². The third-order valence-corrected chi connectivity index (χ3v) is 4.12. The Morgan fingerprint density at radius 1 is 1.28 bits per heavy atom. The van der Waals surface area contributed by atoms with Gasteiger partial charge in [-0.3, -0.25) is 4.90 Å². The fourth-order valence-corrected chi connectivity index (χ4v) is 2.65. The first-order valence-corrected chi connectivity index (χ1v) is 6.59. The highest BCUT2D eigenvalue weighted by Gasteiger charge is 2.37. The van der Waals surface area contributed by atoms with Gasteiger partial charge in [0.1, 0.15) is 0 Å². The number of benzene rings is 1. The molecule has 0 aliphatic carbocycles. The highest BCUT2D eigenvalue weighted by Crippen LogP contribution is 2.27. The third kappa shape index (κ3) is 2.52. The molecule has 0 bridgehead atoms. The summed E-state index contributed by atoms with van der Waals surface area (Å²) in [5.74, 6) is 0. The van der Waals surface area contributed by atoms with Gasteiger partial charge < -0.3 is 10.0 Å². The number of hydrogen-bond donors (Lipinski definition) is 1. The lowest BCUT2D eigenvalue weighted by Gasteiger charge is -2.50. The van der Waals surface area contributed by atoms with Gasteiger partial charge in [-0.05, 0) is 40.0 Å². The van der Waals surface area contributed by atoms with Crippen LogP contribution in [0, 0.1) is 6.92 Å². The van der Waals surface area contributed by atoms with E-state index in [0.29, 0.717) is 0 Å². The van der Waals surface area contributed by atoms with Crippen molar-refractivity contribution in [2.75, 3.05) is 31.6 Å². The molecule has 1 aliphatic rings. The van der Waals surface area contributed by atoms with E-state index in [9.17, 15) is 5.11 Å². The quantitative estimate of drug-likeness (QED) is 0.866. The summed E-state index contributed by atoms with van der Waals surface area (Å²) in [5, 5.41) is 9.53. The first-order chi connectivity index (χ1) is 8.44. The molecule has 0 aromatic heterocycles. The molecule has 1 heterocycles. The fourth-order valence-electron chi connectivity index (χ4n) is 2.65. The van der Waals surface area contributed by atoms with Crippen molar-refractivity contribution in [1.29, 1.82) is 0 Å². The van der Waals surface area contributed by atoms with E-state index in [0.717, 1.165) is 13.1 Å². The smallest absolute Gasteiger partial charge is 0.0604 e. The molecular weight excluding hydrogens is 224 g/mol. The number of hydrogen-bond acceptors (Lipinski definition) is 3. The fraction of sp³-hybridized carbons (Fsp3) is 0.600. The average molecular weight is 248 g/mol. The number of anilines is 1. The molecule has 1 aromatic rings. The van der Waals surface area contributed by atoms with Crippen molar-refractivity contribution in [3.8, 4) is 0 Å². The molecule has 2 rings (SSSR count). The minimum atomic E-state index is 0.0799. The van der Waals surface area contributed by atoms with Gasteiger partial charge in [-0.15, -0.1) is 0 Å². The van der Waals surface area contributed by atoms with Crippen molar-refractivity contribution in [3.05, 3.63) is 29.8 Å². The van der Waals surface area contributed by atoms with Gasteiger partial charge in [0.2, 0.25) is 0 Å². The summed E-state index contributed by atoms with van der Waals surface area (Å²) in [6.45, 7) is 8.66. The van der Waals surface area contributed by atoms with Crippen molar-refractivity contribution in [2.24, 2.45) is 0 Å². The summed E-state index contributed by atoms with van der Waals surface area (Å²) < 4.78 is 0. The van der Waals surface area contributed by atoms with Crippen molar-refractivity contribution in [3.63, 3.8) is 0 Å². The van der Waals surface area contributed by atoms with Gasteiger partial charge in [-0.1, -0.05) is 17.7 Å². The van der Waals surface area contributed by atoms with Gasteiger partial charge in [-0.2, -0.15) is 0 Å². The second-order valence-electron chi connectivity index (χ2n) is 5.98. The van der Waals surface area contributed by atoms with Crippen molar-refractivity contribution in [2.45, 2.75) is 32.4 Å². The molecule has 0 saturated carbocycles. The minimum Gasteiger partial charge on any atom is -0.395 e. The standard InChI is InChI=1S/C15H24N2O/c1-12-5-7-13(8-6-12)17-9-14(10-18)16(4)15(2,3)11-17/h5-8,14,18H,9-11H2,1-4H3. The topological polar surface area (TPSA) is 26.7 Å². The molecule has 0 spiro atoms. The van der Waals surface area contributed by atoms with Crippen LogP contribution in [0.5, 0.6) is 0 Å². The Morgan fingerprint density at radius 2 is 1.89 bits per heavy atom. The number of aliphatic hydroxyl groups is 1. The maximum Gasteiger partial charge on any atom is 0.0604 e. The van der Waals surface area contributed by atoms with Gasteiger partial charge >= 0.3 is 0 Å². The van der Waals surface area contributed by atoms with E-state index >= 15 is 0 Å². The molecule has 1 aliphatic heterocycles. The van der Waals surface area contributed by atoms with Gasteiger partial charge in [-0.25, -0.2) is 0 Å². The maximum atomic E-state index is 9.53. The lowest BCUT2D eigenvalue weighted by atomic mass is 9.95. The van der Waals surface area contributed by atoms with Gasteiger partial charge in [0.25, 0.3) is 0 Å². The Bertz CT molecular complexity index is 399. The molecule has 1 aromatic carbocycles. The highest BCUT2D eigenvalue weighted by atomic mass is 16.3. The molecule has 0 amide bonds. The molecule has 1 atom stereocenters. The van der Waals surface area contributed by atoms with Crippen LogP contribution in [0.4, 0.5) is 5.69 Å². The lowest BCUT2D eigenvalue weighted by molar-refractivity contribution is 0.0455. The van der Waals surface area contributed by atoms with Crippen molar-refractivity contribution in [1.82, 2.24) is 4.90 Å². The predicted octanol–water partition coefficient (Wildman–Crippen LogP) is 1.89. The zero-order chi connectivity index (χ0) is 13.3. The van der Waals surface area contributed by atoms with Crippen LogP contribution in [0.25, 0.3) is 0 Å². The zero-order valence-electron chi connectivity index (χ0n) is 11.8. The Kier molecular flexibility index (Phi) is 3.64. The van der Waals surface area contributed by atoms with Gasteiger partial charge in [0.15, 0.2) is 0 Å². The SMILES string of the molecule is Cc1ccc(N2CC(CO)N(C)C(C)(C)C2)cc1. The summed E-state index contributed by atoms with van der Waals surface area (Å²) in [6, 6.07) is 8.84. The van der Waals surface area contributed by atoms with Crippen LogP contribution >= 0.6 is 0 Å². The van der Waals surface area contributed by atoms with E-state index < -0.39 is 0 Å². The molecule has 1 saturated heterocycles. The molecule has 1 fully saturated rings. The average Bonchev–Trinajstić information content (AvgIpc) is 2.33. The molecular formula is C15H24N2O. The van der Waals surface area contributed by atoms with Crippen LogP contribution in [-0.2, 0) is 0 Å². The van der Waals surface area contributed by atoms with Crippen molar-refractivity contribution >= 4 is 5.69 Å². The van der Waals surface area contributed by atoms with E-state index in [1.165, 1.54) is 11.3 Å². The van der Waals surface area contributed by atoms with E-state index in [4.69, 9.17) is 0 Å². The second kappa shape index (κ2) is 4.90. The Hall–Kier alpha value is -1.06. The van der Waals surface area contributed by atoms with E-state index in [2.05, 4.69) is 61.9 Å². The summed E-state index contributed by atoms with van der Waals surface area (Å²) in [4.78, 5) is 4.66. The predicted molar refractivity (Wildman–Crippen MR) is 76.1 cm³/mol. The third-order valence-electron chi connectivity index (χ3n) is 4.12. The summed E-state index contributed by atoms with van der Waals surface area (Å²) >= 11 is 0. The second-order valence-corrected chi connectivity index (χ2v) is 5.98. The Labute approximate surface area is 110 Å². The van der Waals surface area contributed by atoms with Crippen LogP contribution < -0.4 is 4.90 Å². The number of aliphatic hydroxyl groups excluding tert-OH is 1. The molecule has 0 radical (unpaired) electrons. The molecule has 1 N–H and O–H groups in total. The molecule has 18 heavy (non-hydrogen) atoms. The Balaban J connectivity index is 2.22. The van der Waals surface area contributed by atoms with E-state index in [1.807, 2.05) is 0 Å². The summed E-state index contributed by atoms with van der Waals surface area (Å²) in [6.07, 6.45) is 0. The van der Waals surface area contributed by atoms with Crippen LogP contribution in [0.1, 0.15) is 19.4 Å². The monoisotopic (exact) mass is 248 g/mol. The van der Waals surface area contributed by atoms with Crippen LogP contribution in [0.3, 0.4) is 0 Å². The first-order valence-electron chi connectivity index (χ1n) is 6.59. The molecule has 3 heteroatoms.